The SMILES string of the molecule is c1ccc(-c2ccccc2-c2nc3ccccc3nc2-c2ccccc2-c2ccccc2)cc1. The number of para-hydroxylation sites is 2. The highest BCUT2D eigenvalue weighted by molar-refractivity contribution is 5.95. The van der Waals surface area contributed by atoms with Crippen LogP contribution >= 0.6 is 0 Å². The van der Waals surface area contributed by atoms with E-state index in [0.29, 0.717) is 0 Å². The van der Waals surface area contributed by atoms with Crippen molar-refractivity contribution >= 4 is 11.0 Å². The Labute approximate surface area is 199 Å². The topological polar surface area (TPSA) is 25.8 Å². The molecule has 0 radical (unpaired) electrons. The average molecular weight is 435 g/mol. The summed E-state index contributed by atoms with van der Waals surface area (Å²) >= 11 is 0. The molecule has 0 amide bonds. The van der Waals surface area contributed by atoms with Crippen molar-refractivity contribution in [2.75, 3.05) is 0 Å². The van der Waals surface area contributed by atoms with Crippen molar-refractivity contribution in [1.29, 1.82) is 0 Å². The number of benzene rings is 5. The average Bonchev–Trinajstić information content (AvgIpc) is 2.93. The Morgan fingerprint density at radius 2 is 0.618 bits per heavy atom. The summed E-state index contributed by atoms with van der Waals surface area (Å²) in [5.74, 6) is 0. The molecule has 0 atom stereocenters. The van der Waals surface area contributed by atoms with Crippen LogP contribution in [0.4, 0.5) is 0 Å². The Morgan fingerprint density at radius 3 is 1.03 bits per heavy atom. The molecule has 5 aromatic carbocycles. The molecule has 160 valence electrons. The van der Waals surface area contributed by atoms with Crippen LogP contribution in [0.5, 0.6) is 0 Å². The summed E-state index contributed by atoms with van der Waals surface area (Å²) in [4.78, 5) is 10.4. The molecule has 0 saturated heterocycles. The Bertz CT molecular complexity index is 1470. The van der Waals surface area contributed by atoms with Crippen LogP contribution in [-0.4, -0.2) is 9.97 Å². The van der Waals surface area contributed by atoms with Gasteiger partial charge in [-0.15, -0.1) is 0 Å². The molecule has 0 aliphatic rings. The molecule has 0 N–H and O–H groups in total. The van der Waals surface area contributed by atoms with E-state index in [4.69, 9.17) is 9.97 Å². The van der Waals surface area contributed by atoms with E-state index in [1.54, 1.807) is 0 Å². The molecule has 0 aliphatic heterocycles. The van der Waals surface area contributed by atoms with Crippen LogP contribution in [0.25, 0.3) is 55.8 Å². The molecule has 6 rings (SSSR count). The molecule has 0 unspecified atom stereocenters. The van der Waals surface area contributed by atoms with Gasteiger partial charge >= 0.3 is 0 Å². The van der Waals surface area contributed by atoms with E-state index >= 15 is 0 Å². The first-order chi connectivity index (χ1) is 16.9. The molecule has 2 heteroatoms. The van der Waals surface area contributed by atoms with Gasteiger partial charge in [-0.25, -0.2) is 9.97 Å². The first kappa shape index (κ1) is 20.1. The van der Waals surface area contributed by atoms with Gasteiger partial charge in [-0.1, -0.05) is 121 Å². The van der Waals surface area contributed by atoms with Crippen molar-refractivity contribution in [2.24, 2.45) is 0 Å². The predicted octanol–water partition coefficient (Wildman–Crippen LogP) is 8.30. The van der Waals surface area contributed by atoms with Gasteiger partial charge in [0.15, 0.2) is 0 Å². The smallest absolute Gasteiger partial charge is 0.0979 e. The molecule has 0 fully saturated rings. The maximum absolute atomic E-state index is 5.18. The molecule has 34 heavy (non-hydrogen) atoms. The quantitative estimate of drug-likeness (QED) is 0.279. The van der Waals surface area contributed by atoms with Crippen LogP contribution < -0.4 is 0 Å². The number of hydrogen-bond donors (Lipinski definition) is 0. The van der Waals surface area contributed by atoms with Crippen molar-refractivity contribution in [3.8, 4) is 44.8 Å². The lowest BCUT2D eigenvalue weighted by molar-refractivity contribution is 1.29. The number of aromatic nitrogens is 2. The van der Waals surface area contributed by atoms with E-state index < -0.39 is 0 Å². The highest BCUT2D eigenvalue weighted by Crippen LogP contribution is 2.40. The van der Waals surface area contributed by atoms with E-state index in [9.17, 15) is 0 Å². The summed E-state index contributed by atoms with van der Waals surface area (Å²) in [7, 11) is 0. The standard InChI is InChI=1S/C32H22N2/c1-3-13-23(14-4-1)25-17-7-9-19-27(25)31-32(34-30-22-12-11-21-29(30)33-31)28-20-10-8-18-26(28)24-15-5-2-6-16-24/h1-22H. The molecular weight excluding hydrogens is 412 g/mol. The van der Waals surface area contributed by atoms with Gasteiger partial charge in [0.25, 0.3) is 0 Å². The van der Waals surface area contributed by atoms with E-state index in [2.05, 4.69) is 97.1 Å². The molecule has 0 bridgehead atoms. The summed E-state index contributed by atoms with van der Waals surface area (Å²) < 4.78 is 0. The molecule has 0 spiro atoms. The summed E-state index contributed by atoms with van der Waals surface area (Å²) in [6.07, 6.45) is 0. The second-order valence-corrected chi connectivity index (χ2v) is 8.23. The zero-order chi connectivity index (χ0) is 22.7. The van der Waals surface area contributed by atoms with E-state index in [1.165, 1.54) is 0 Å². The highest BCUT2D eigenvalue weighted by atomic mass is 14.8. The Balaban J connectivity index is 1.67. The van der Waals surface area contributed by atoms with Crippen molar-refractivity contribution in [2.45, 2.75) is 0 Å². The summed E-state index contributed by atoms with van der Waals surface area (Å²) in [6, 6.07) is 46.0. The highest BCUT2D eigenvalue weighted by Gasteiger charge is 2.19. The van der Waals surface area contributed by atoms with Crippen molar-refractivity contribution in [1.82, 2.24) is 9.97 Å². The van der Waals surface area contributed by atoms with Crippen LogP contribution in [0, 0.1) is 0 Å². The van der Waals surface area contributed by atoms with Crippen LogP contribution in [0.3, 0.4) is 0 Å². The number of fused-ring (bicyclic) bond motifs is 1. The van der Waals surface area contributed by atoms with Gasteiger partial charge in [-0.05, 0) is 34.4 Å². The largest absolute Gasteiger partial charge is 0.244 e. The zero-order valence-corrected chi connectivity index (χ0v) is 18.6. The minimum absolute atomic E-state index is 0.890. The number of hydrogen-bond acceptors (Lipinski definition) is 2. The second-order valence-electron chi connectivity index (χ2n) is 8.23. The molecule has 0 aliphatic carbocycles. The summed E-state index contributed by atoms with van der Waals surface area (Å²) in [6.45, 7) is 0. The minimum Gasteiger partial charge on any atom is -0.244 e. The number of nitrogens with zero attached hydrogens (tertiary/aromatic N) is 2. The third-order valence-corrected chi connectivity index (χ3v) is 6.10. The molecule has 6 aromatic rings. The fourth-order valence-corrected chi connectivity index (χ4v) is 4.49. The molecule has 1 heterocycles. The Kier molecular flexibility index (Phi) is 5.17. The first-order valence-corrected chi connectivity index (χ1v) is 11.4. The minimum atomic E-state index is 0.890. The van der Waals surface area contributed by atoms with Gasteiger partial charge in [0.1, 0.15) is 0 Å². The molecular formula is C32H22N2. The lowest BCUT2D eigenvalue weighted by Gasteiger charge is -2.16. The van der Waals surface area contributed by atoms with Gasteiger partial charge in [0.05, 0.1) is 22.4 Å². The Hall–Kier alpha value is -4.56. The molecule has 2 nitrogen and oxygen atoms in total. The van der Waals surface area contributed by atoms with E-state index in [1.807, 2.05) is 36.4 Å². The van der Waals surface area contributed by atoms with Gasteiger partial charge in [0, 0.05) is 11.1 Å². The van der Waals surface area contributed by atoms with Crippen LogP contribution in [0.1, 0.15) is 0 Å². The lowest BCUT2D eigenvalue weighted by atomic mass is 9.92. The number of rotatable bonds is 4. The maximum Gasteiger partial charge on any atom is 0.0979 e. The van der Waals surface area contributed by atoms with E-state index in [-0.39, 0.29) is 0 Å². The van der Waals surface area contributed by atoms with Gasteiger partial charge < -0.3 is 0 Å². The predicted molar refractivity (Wildman–Crippen MR) is 141 cm³/mol. The second kappa shape index (κ2) is 8.76. The van der Waals surface area contributed by atoms with E-state index in [0.717, 1.165) is 55.8 Å². The zero-order valence-electron chi connectivity index (χ0n) is 18.6. The van der Waals surface area contributed by atoms with Crippen LogP contribution in [-0.2, 0) is 0 Å². The van der Waals surface area contributed by atoms with Crippen molar-refractivity contribution in [3.63, 3.8) is 0 Å². The third kappa shape index (κ3) is 3.66. The fourth-order valence-electron chi connectivity index (χ4n) is 4.49. The van der Waals surface area contributed by atoms with Crippen molar-refractivity contribution in [3.05, 3.63) is 133 Å². The lowest BCUT2D eigenvalue weighted by Crippen LogP contribution is -1.98. The summed E-state index contributed by atoms with van der Waals surface area (Å²) in [5.41, 5.74) is 10.3. The summed E-state index contributed by atoms with van der Waals surface area (Å²) in [5, 5.41) is 0. The maximum atomic E-state index is 5.18. The van der Waals surface area contributed by atoms with Gasteiger partial charge in [-0.3, -0.25) is 0 Å². The van der Waals surface area contributed by atoms with Gasteiger partial charge in [0.2, 0.25) is 0 Å². The van der Waals surface area contributed by atoms with Crippen molar-refractivity contribution < 1.29 is 0 Å². The fraction of sp³-hybridized carbons (Fsp3) is 0. The molecule has 0 saturated carbocycles. The molecule has 1 aromatic heterocycles. The monoisotopic (exact) mass is 434 g/mol. The van der Waals surface area contributed by atoms with Crippen LogP contribution in [0.15, 0.2) is 133 Å². The first-order valence-electron chi connectivity index (χ1n) is 11.4. The van der Waals surface area contributed by atoms with Gasteiger partial charge in [-0.2, -0.15) is 0 Å². The third-order valence-electron chi connectivity index (χ3n) is 6.10. The Morgan fingerprint density at radius 1 is 0.294 bits per heavy atom. The van der Waals surface area contributed by atoms with Crippen LogP contribution in [0.2, 0.25) is 0 Å². The normalized spacial score (nSPS) is 10.9.